The average Bonchev–Trinajstić information content (AvgIpc) is 3.18. The van der Waals surface area contributed by atoms with Crippen LogP contribution in [0.1, 0.15) is 50.5 Å². The van der Waals surface area contributed by atoms with Crippen LogP contribution in [0.3, 0.4) is 0 Å². The zero-order valence-corrected chi connectivity index (χ0v) is 15.1. The Morgan fingerprint density at radius 2 is 1.96 bits per heavy atom. The maximum atomic E-state index is 10.5. The van der Waals surface area contributed by atoms with E-state index >= 15 is 0 Å². The summed E-state index contributed by atoms with van der Waals surface area (Å²) in [6.45, 7) is 0. The number of thioether (sulfide) groups is 1. The highest BCUT2D eigenvalue weighted by Crippen LogP contribution is 2.54. The van der Waals surface area contributed by atoms with Gasteiger partial charge in [0.25, 0.3) is 0 Å². The summed E-state index contributed by atoms with van der Waals surface area (Å²) in [4.78, 5) is 10.5. The monoisotopic (exact) mass is 344 g/mol. The Bertz CT molecular complexity index is 554. The van der Waals surface area contributed by atoms with E-state index in [1.807, 2.05) is 0 Å². The molecule has 0 heterocycles. The molecule has 0 aromatic heterocycles. The largest absolute Gasteiger partial charge is 0.481 e. The smallest absolute Gasteiger partial charge is 0.303 e. The van der Waals surface area contributed by atoms with Gasteiger partial charge in [-0.1, -0.05) is 42.5 Å². The lowest BCUT2D eigenvalue weighted by Crippen LogP contribution is -2.24. The number of rotatable bonds is 9. The van der Waals surface area contributed by atoms with E-state index < -0.39 is 5.97 Å². The minimum absolute atomic E-state index is 0.286. The number of fused-ring (bicyclic) bond motifs is 2. The van der Waals surface area contributed by atoms with E-state index in [2.05, 4.69) is 54.2 Å². The van der Waals surface area contributed by atoms with Crippen LogP contribution in [0.15, 0.2) is 42.5 Å². The molecule has 130 valence electrons. The molecule has 1 aromatic carbocycles. The fraction of sp³-hybridized carbons (Fsp3) is 0.571. The lowest BCUT2D eigenvalue weighted by atomic mass is 9.86. The normalized spacial score (nSPS) is 28.7. The fourth-order valence-corrected chi connectivity index (χ4v) is 6.13. The highest BCUT2D eigenvalue weighted by Gasteiger charge is 2.46. The van der Waals surface area contributed by atoms with Gasteiger partial charge in [0.05, 0.1) is 0 Å². The number of hydrogen-bond donors (Lipinski definition) is 1. The van der Waals surface area contributed by atoms with Crippen LogP contribution in [-0.4, -0.2) is 16.3 Å². The first-order valence-electron chi connectivity index (χ1n) is 9.26. The van der Waals surface area contributed by atoms with E-state index in [-0.39, 0.29) is 6.42 Å². The molecule has 0 saturated heterocycles. The molecule has 2 aliphatic carbocycles. The minimum atomic E-state index is -0.686. The molecule has 0 spiro atoms. The van der Waals surface area contributed by atoms with Crippen molar-refractivity contribution in [3.63, 3.8) is 0 Å². The van der Waals surface area contributed by atoms with Crippen molar-refractivity contribution >= 4 is 17.7 Å². The first-order valence-corrected chi connectivity index (χ1v) is 10.3. The van der Waals surface area contributed by atoms with E-state index in [9.17, 15) is 4.79 Å². The standard InChI is InChI=1S/C21H28O2S/c22-20(23)11-7-2-1-6-10-19-17-12-13-18(14-17)21(19)24-15-16-8-4-3-5-9-16/h1,3-6,8-9,17-19,21H,2,7,10-15H2,(H,22,23)/b6-1-/t17-,18+,19-,21-/m1/s1. The summed E-state index contributed by atoms with van der Waals surface area (Å²) in [7, 11) is 0. The van der Waals surface area contributed by atoms with Crippen molar-refractivity contribution in [1.29, 1.82) is 0 Å². The Hall–Kier alpha value is -1.22. The van der Waals surface area contributed by atoms with Crippen molar-refractivity contribution < 1.29 is 9.90 Å². The van der Waals surface area contributed by atoms with E-state index in [0.717, 1.165) is 41.6 Å². The molecule has 0 unspecified atom stereocenters. The molecule has 2 bridgehead atoms. The maximum Gasteiger partial charge on any atom is 0.303 e. The topological polar surface area (TPSA) is 37.3 Å². The van der Waals surface area contributed by atoms with E-state index in [4.69, 9.17) is 5.11 Å². The van der Waals surface area contributed by atoms with Gasteiger partial charge < -0.3 is 5.11 Å². The first-order chi connectivity index (χ1) is 11.7. The zero-order chi connectivity index (χ0) is 16.8. The Labute approximate surface area is 149 Å². The van der Waals surface area contributed by atoms with Crippen molar-refractivity contribution in [3.05, 3.63) is 48.0 Å². The summed E-state index contributed by atoms with van der Waals surface area (Å²) in [6, 6.07) is 10.8. The van der Waals surface area contributed by atoms with Gasteiger partial charge in [-0.05, 0) is 61.8 Å². The Morgan fingerprint density at radius 1 is 1.17 bits per heavy atom. The van der Waals surface area contributed by atoms with Crippen LogP contribution in [0.2, 0.25) is 0 Å². The molecule has 0 amide bonds. The second-order valence-electron chi connectivity index (χ2n) is 7.25. The second-order valence-corrected chi connectivity index (χ2v) is 8.42. The van der Waals surface area contributed by atoms with Crippen LogP contribution in [0.25, 0.3) is 0 Å². The molecule has 2 fully saturated rings. The van der Waals surface area contributed by atoms with Gasteiger partial charge in [-0.25, -0.2) is 0 Å². The third-order valence-corrected chi connectivity index (χ3v) is 7.25. The molecule has 2 nitrogen and oxygen atoms in total. The summed E-state index contributed by atoms with van der Waals surface area (Å²) >= 11 is 2.17. The number of carboxylic acid groups (broad SMARTS) is 1. The van der Waals surface area contributed by atoms with Gasteiger partial charge in [-0.3, -0.25) is 4.79 Å². The maximum absolute atomic E-state index is 10.5. The highest BCUT2D eigenvalue weighted by molar-refractivity contribution is 7.99. The minimum Gasteiger partial charge on any atom is -0.481 e. The van der Waals surface area contributed by atoms with Crippen LogP contribution >= 0.6 is 11.8 Å². The van der Waals surface area contributed by atoms with Crippen LogP contribution in [-0.2, 0) is 10.5 Å². The lowest BCUT2D eigenvalue weighted by molar-refractivity contribution is -0.137. The zero-order valence-electron chi connectivity index (χ0n) is 14.3. The van der Waals surface area contributed by atoms with Crippen LogP contribution in [0.5, 0.6) is 0 Å². The van der Waals surface area contributed by atoms with Gasteiger partial charge in [-0.15, -0.1) is 0 Å². The predicted octanol–water partition coefficient (Wildman–Crippen LogP) is 5.54. The predicted molar refractivity (Wildman–Crippen MR) is 101 cm³/mol. The van der Waals surface area contributed by atoms with Gasteiger partial charge in [0.2, 0.25) is 0 Å². The third-order valence-electron chi connectivity index (χ3n) is 5.63. The summed E-state index contributed by atoms with van der Waals surface area (Å²) in [5, 5.41) is 9.49. The van der Waals surface area contributed by atoms with Crippen molar-refractivity contribution in [2.75, 3.05) is 0 Å². The Morgan fingerprint density at radius 3 is 2.75 bits per heavy atom. The number of hydrogen-bond acceptors (Lipinski definition) is 2. The number of unbranched alkanes of at least 4 members (excludes halogenated alkanes) is 1. The summed E-state index contributed by atoms with van der Waals surface area (Å²) in [6.07, 6.45) is 11.9. The molecule has 1 N–H and O–H groups in total. The molecule has 0 radical (unpaired) electrons. The van der Waals surface area contributed by atoms with Crippen molar-refractivity contribution in [2.24, 2.45) is 17.8 Å². The second kappa shape index (κ2) is 8.75. The van der Waals surface area contributed by atoms with Gasteiger partial charge in [-0.2, -0.15) is 11.8 Å². The molecular formula is C21H28O2S. The number of allylic oxidation sites excluding steroid dienone is 2. The lowest BCUT2D eigenvalue weighted by Gasteiger charge is -2.30. The van der Waals surface area contributed by atoms with Crippen LogP contribution in [0, 0.1) is 17.8 Å². The number of benzene rings is 1. The van der Waals surface area contributed by atoms with Crippen molar-refractivity contribution in [3.8, 4) is 0 Å². The molecule has 4 atom stereocenters. The van der Waals surface area contributed by atoms with E-state index in [1.165, 1.54) is 31.2 Å². The average molecular weight is 345 g/mol. The fourth-order valence-electron chi connectivity index (χ4n) is 4.45. The molecule has 3 heteroatoms. The number of carboxylic acids is 1. The number of carbonyl (C=O) groups is 1. The molecule has 24 heavy (non-hydrogen) atoms. The highest BCUT2D eigenvalue weighted by atomic mass is 32.2. The molecule has 3 rings (SSSR count). The molecule has 1 aromatic rings. The third kappa shape index (κ3) is 4.66. The summed E-state index contributed by atoms with van der Waals surface area (Å²) < 4.78 is 0. The van der Waals surface area contributed by atoms with Crippen LogP contribution in [0.4, 0.5) is 0 Å². The van der Waals surface area contributed by atoms with Gasteiger partial charge in [0.1, 0.15) is 0 Å². The SMILES string of the molecule is O=C(O)CCC/C=C\C[C@@H]1[C@@H]2CC[C@@H](C2)[C@H]1SCc1ccccc1. The first kappa shape index (κ1) is 17.6. The molecule has 0 aliphatic heterocycles. The van der Waals surface area contributed by atoms with Gasteiger partial charge in [0.15, 0.2) is 0 Å². The van der Waals surface area contributed by atoms with E-state index in [1.54, 1.807) is 0 Å². The quantitative estimate of drug-likeness (QED) is 0.472. The van der Waals surface area contributed by atoms with Crippen molar-refractivity contribution in [1.82, 2.24) is 0 Å². The Balaban J connectivity index is 1.47. The van der Waals surface area contributed by atoms with Crippen molar-refractivity contribution in [2.45, 2.75) is 55.9 Å². The van der Waals surface area contributed by atoms with Gasteiger partial charge >= 0.3 is 5.97 Å². The van der Waals surface area contributed by atoms with Crippen LogP contribution < -0.4 is 0 Å². The molecular weight excluding hydrogens is 316 g/mol. The van der Waals surface area contributed by atoms with Gasteiger partial charge in [0, 0.05) is 17.4 Å². The summed E-state index contributed by atoms with van der Waals surface area (Å²) in [5.41, 5.74) is 1.44. The summed E-state index contributed by atoms with van der Waals surface area (Å²) in [5.74, 6) is 3.12. The molecule has 2 saturated carbocycles. The Kier molecular flexibility index (Phi) is 6.42. The molecule has 2 aliphatic rings. The van der Waals surface area contributed by atoms with E-state index in [0.29, 0.717) is 0 Å². The number of aliphatic carboxylic acids is 1.